The van der Waals surface area contributed by atoms with Crippen molar-refractivity contribution in [3.05, 3.63) is 34.9 Å². The van der Waals surface area contributed by atoms with Crippen molar-refractivity contribution in [2.24, 2.45) is 11.8 Å². The Balaban J connectivity index is 2.28. The van der Waals surface area contributed by atoms with Crippen LogP contribution >= 0.6 is 0 Å². The van der Waals surface area contributed by atoms with Crippen LogP contribution in [0.4, 0.5) is 0 Å². The predicted octanol–water partition coefficient (Wildman–Crippen LogP) is 3.00. The van der Waals surface area contributed by atoms with Gasteiger partial charge in [0.15, 0.2) is 0 Å². The summed E-state index contributed by atoms with van der Waals surface area (Å²) in [7, 11) is 0. The normalized spacial score (nSPS) is 18.9. The highest BCUT2D eigenvalue weighted by molar-refractivity contribution is 5.33. The molecule has 1 aliphatic rings. The molecule has 1 aromatic carbocycles. The van der Waals surface area contributed by atoms with Crippen LogP contribution in [0.15, 0.2) is 18.2 Å². The molecule has 88 valence electrons. The van der Waals surface area contributed by atoms with Gasteiger partial charge in [-0.3, -0.25) is 11.3 Å². The second-order valence-electron chi connectivity index (χ2n) is 5.05. The second kappa shape index (κ2) is 4.98. The van der Waals surface area contributed by atoms with Gasteiger partial charge in [0.05, 0.1) is 0 Å². The molecule has 0 saturated heterocycles. The van der Waals surface area contributed by atoms with Gasteiger partial charge in [0.1, 0.15) is 0 Å². The van der Waals surface area contributed by atoms with Crippen LogP contribution in [-0.2, 0) is 0 Å². The van der Waals surface area contributed by atoms with Crippen LogP contribution < -0.4 is 11.3 Å². The fraction of sp³-hybridized carbons (Fsp3) is 0.571. The lowest BCUT2D eigenvalue weighted by Crippen LogP contribution is -2.33. The highest BCUT2D eigenvalue weighted by Gasteiger charge is 2.26. The van der Waals surface area contributed by atoms with Crippen LogP contribution in [0.1, 0.15) is 48.4 Å². The molecule has 1 aromatic rings. The lowest BCUT2D eigenvalue weighted by Gasteiger charge is -2.25. The third kappa shape index (κ3) is 2.28. The first-order valence-electron chi connectivity index (χ1n) is 6.25. The number of aryl methyl sites for hydroxylation is 2. The van der Waals surface area contributed by atoms with Crippen molar-refractivity contribution < 1.29 is 0 Å². The summed E-state index contributed by atoms with van der Waals surface area (Å²) in [5.74, 6) is 6.47. The standard InChI is InChI=1S/C14H22N2/c1-10-7-8-11(2)13(9-10)14(16-15)12-5-3-4-6-12/h7-9,12,14,16H,3-6,15H2,1-2H3. The zero-order valence-electron chi connectivity index (χ0n) is 10.3. The van der Waals surface area contributed by atoms with E-state index in [1.807, 2.05) is 0 Å². The summed E-state index contributed by atoms with van der Waals surface area (Å²) >= 11 is 0. The first-order valence-corrected chi connectivity index (χ1v) is 6.25. The van der Waals surface area contributed by atoms with Crippen molar-refractivity contribution in [1.82, 2.24) is 5.43 Å². The highest BCUT2D eigenvalue weighted by Crippen LogP contribution is 2.36. The molecule has 3 N–H and O–H groups in total. The number of hydrogen-bond acceptors (Lipinski definition) is 2. The molecule has 0 aromatic heterocycles. The molecular weight excluding hydrogens is 196 g/mol. The molecule has 16 heavy (non-hydrogen) atoms. The van der Waals surface area contributed by atoms with Gasteiger partial charge in [-0.15, -0.1) is 0 Å². The van der Waals surface area contributed by atoms with E-state index in [-0.39, 0.29) is 0 Å². The molecule has 0 spiro atoms. The molecule has 0 heterocycles. The molecule has 1 unspecified atom stereocenters. The van der Waals surface area contributed by atoms with Gasteiger partial charge >= 0.3 is 0 Å². The first-order chi connectivity index (χ1) is 7.72. The van der Waals surface area contributed by atoms with E-state index in [1.54, 1.807) is 0 Å². The predicted molar refractivity (Wildman–Crippen MR) is 67.9 cm³/mol. The zero-order valence-corrected chi connectivity index (χ0v) is 10.3. The van der Waals surface area contributed by atoms with Crippen LogP contribution in [-0.4, -0.2) is 0 Å². The molecule has 2 heteroatoms. The van der Waals surface area contributed by atoms with Gasteiger partial charge in [-0.05, 0) is 43.7 Å². The van der Waals surface area contributed by atoms with Crippen molar-refractivity contribution in [2.75, 3.05) is 0 Å². The molecule has 1 atom stereocenters. The largest absolute Gasteiger partial charge is 0.271 e. The number of rotatable bonds is 3. The van der Waals surface area contributed by atoms with Gasteiger partial charge in [0, 0.05) is 6.04 Å². The van der Waals surface area contributed by atoms with Crippen molar-refractivity contribution >= 4 is 0 Å². The number of benzene rings is 1. The van der Waals surface area contributed by atoms with Gasteiger partial charge in [-0.1, -0.05) is 36.6 Å². The third-order valence-electron chi connectivity index (χ3n) is 3.82. The van der Waals surface area contributed by atoms with Crippen LogP contribution in [0.3, 0.4) is 0 Å². The summed E-state index contributed by atoms with van der Waals surface area (Å²) in [6.45, 7) is 4.32. The van der Waals surface area contributed by atoms with Gasteiger partial charge in [0.2, 0.25) is 0 Å². The summed E-state index contributed by atoms with van der Waals surface area (Å²) in [6, 6.07) is 6.98. The summed E-state index contributed by atoms with van der Waals surface area (Å²) in [6.07, 6.45) is 5.33. The SMILES string of the molecule is Cc1ccc(C)c(C(NN)C2CCCC2)c1. The Morgan fingerprint density at radius 1 is 1.25 bits per heavy atom. The Morgan fingerprint density at radius 3 is 2.56 bits per heavy atom. The maximum atomic E-state index is 5.75. The minimum Gasteiger partial charge on any atom is -0.271 e. The van der Waals surface area contributed by atoms with E-state index in [2.05, 4.69) is 37.5 Å². The van der Waals surface area contributed by atoms with Crippen molar-refractivity contribution in [1.29, 1.82) is 0 Å². The molecule has 2 nitrogen and oxygen atoms in total. The van der Waals surface area contributed by atoms with Crippen LogP contribution in [0.2, 0.25) is 0 Å². The van der Waals surface area contributed by atoms with E-state index >= 15 is 0 Å². The first kappa shape index (κ1) is 11.6. The molecule has 1 fully saturated rings. The molecule has 0 bridgehead atoms. The molecule has 2 rings (SSSR count). The monoisotopic (exact) mass is 218 g/mol. The number of nitrogens with one attached hydrogen (secondary N) is 1. The lowest BCUT2D eigenvalue weighted by atomic mass is 9.89. The molecular formula is C14H22N2. The Morgan fingerprint density at radius 2 is 1.94 bits per heavy atom. The van der Waals surface area contributed by atoms with E-state index < -0.39 is 0 Å². The Labute approximate surface area is 98.2 Å². The van der Waals surface area contributed by atoms with Crippen molar-refractivity contribution in [3.63, 3.8) is 0 Å². The maximum Gasteiger partial charge on any atom is 0.0490 e. The number of nitrogens with two attached hydrogens (primary N) is 1. The van der Waals surface area contributed by atoms with Crippen LogP contribution in [0.5, 0.6) is 0 Å². The van der Waals surface area contributed by atoms with Crippen molar-refractivity contribution in [2.45, 2.75) is 45.6 Å². The second-order valence-corrected chi connectivity index (χ2v) is 5.05. The van der Waals surface area contributed by atoms with E-state index in [4.69, 9.17) is 5.84 Å². The molecule has 1 saturated carbocycles. The molecule has 0 amide bonds. The molecule has 0 radical (unpaired) electrons. The van der Waals surface area contributed by atoms with E-state index in [1.165, 1.54) is 42.4 Å². The Hall–Kier alpha value is -0.860. The van der Waals surface area contributed by atoms with Crippen molar-refractivity contribution in [3.8, 4) is 0 Å². The molecule has 0 aliphatic heterocycles. The highest BCUT2D eigenvalue weighted by atomic mass is 15.2. The number of hydrazine groups is 1. The maximum absolute atomic E-state index is 5.75. The zero-order chi connectivity index (χ0) is 11.5. The van der Waals surface area contributed by atoms with Crippen LogP contribution in [0.25, 0.3) is 0 Å². The summed E-state index contributed by atoms with van der Waals surface area (Å²) in [5, 5.41) is 0. The van der Waals surface area contributed by atoms with E-state index in [0.29, 0.717) is 12.0 Å². The van der Waals surface area contributed by atoms with Gasteiger partial charge < -0.3 is 0 Å². The van der Waals surface area contributed by atoms with E-state index in [9.17, 15) is 0 Å². The average Bonchev–Trinajstić information content (AvgIpc) is 2.78. The minimum atomic E-state index is 0.336. The average molecular weight is 218 g/mol. The van der Waals surface area contributed by atoms with Gasteiger partial charge in [-0.25, -0.2) is 0 Å². The minimum absolute atomic E-state index is 0.336. The summed E-state index contributed by atoms with van der Waals surface area (Å²) in [4.78, 5) is 0. The van der Waals surface area contributed by atoms with Gasteiger partial charge in [-0.2, -0.15) is 0 Å². The van der Waals surface area contributed by atoms with Crippen LogP contribution in [0, 0.1) is 19.8 Å². The smallest absolute Gasteiger partial charge is 0.0490 e. The summed E-state index contributed by atoms with van der Waals surface area (Å²) in [5.41, 5.74) is 7.08. The van der Waals surface area contributed by atoms with Gasteiger partial charge in [0.25, 0.3) is 0 Å². The Bertz CT molecular complexity index is 354. The topological polar surface area (TPSA) is 38.0 Å². The fourth-order valence-electron chi connectivity index (χ4n) is 2.87. The quantitative estimate of drug-likeness (QED) is 0.604. The third-order valence-corrected chi connectivity index (χ3v) is 3.82. The number of hydrogen-bond donors (Lipinski definition) is 2. The molecule has 1 aliphatic carbocycles. The summed E-state index contributed by atoms with van der Waals surface area (Å²) < 4.78 is 0. The van der Waals surface area contributed by atoms with E-state index in [0.717, 1.165) is 0 Å². The Kier molecular flexibility index (Phi) is 3.62. The lowest BCUT2D eigenvalue weighted by molar-refractivity contribution is 0.372. The fourth-order valence-corrected chi connectivity index (χ4v) is 2.87.